The van der Waals surface area contributed by atoms with Crippen molar-refractivity contribution in [3.8, 4) is 0 Å². The average Bonchev–Trinajstić information content (AvgIpc) is 3.32. The molecule has 0 spiro atoms. The minimum absolute atomic E-state index is 0.226. The second kappa shape index (κ2) is 7.18. The van der Waals surface area contributed by atoms with Gasteiger partial charge in [0, 0.05) is 43.3 Å². The molecule has 3 aromatic heterocycles. The summed E-state index contributed by atoms with van der Waals surface area (Å²) in [5.74, 6) is -0.226. The Kier molecular flexibility index (Phi) is 4.38. The number of anilines is 1. The van der Waals surface area contributed by atoms with Crippen LogP contribution in [0.2, 0.25) is 0 Å². The van der Waals surface area contributed by atoms with E-state index in [-0.39, 0.29) is 5.91 Å². The summed E-state index contributed by atoms with van der Waals surface area (Å²) in [7, 11) is 0. The van der Waals surface area contributed by atoms with Gasteiger partial charge in [0.2, 0.25) is 0 Å². The van der Waals surface area contributed by atoms with Crippen molar-refractivity contribution in [3.05, 3.63) is 82.8 Å². The highest BCUT2D eigenvalue weighted by Gasteiger charge is 2.22. The van der Waals surface area contributed by atoms with Gasteiger partial charge in [0.25, 0.3) is 5.91 Å². The second-order valence-corrected chi connectivity index (χ2v) is 7.97. The molecule has 140 valence electrons. The molecular formula is C21H19N5OS. The Bertz CT molecular complexity index is 1100. The summed E-state index contributed by atoms with van der Waals surface area (Å²) < 4.78 is 1.84. The molecule has 0 fully saturated rings. The van der Waals surface area contributed by atoms with Gasteiger partial charge in [-0.05, 0) is 17.7 Å². The van der Waals surface area contributed by atoms with Crippen molar-refractivity contribution < 1.29 is 4.79 Å². The predicted molar refractivity (Wildman–Crippen MR) is 110 cm³/mol. The summed E-state index contributed by atoms with van der Waals surface area (Å²) >= 11 is 1.56. The first kappa shape index (κ1) is 17.1. The van der Waals surface area contributed by atoms with Crippen molar-refractivity contribution in [2.75, 3.05) is 11.9 Å². The molecule has 28 heavy (non-hydrogen) atoms. The number of nitrogens with zero attached hydrogens (tertiary/aromatic N) is 4. The van der Waals surface area contributed by atoms with Crippen LogP contribution >= 0.6 is 11.3 Å². The van der Waals surface area contributed by atoms with E-state index in [4.69, 9.17) is 0 Å². The molecule has 7 heteroatoms. The minimum atomic E-state index is -0.226. The zero-order chi connectivity index (χ0) is 18.9. The molecule has 1 N–H and O–H groups in total. The number of benzene rings is 1. The largest absolute Gasteiger partial charge is 0.306 e. The molecule has 1 aliphatic heterocycles. The average molecular weight is 389 g/mol. The summed E-state index contributed by atoms with van der Waals surface area (Å²) in [6, 6.07) is 16.2. The van der Waals surface area contributed by atoms with E-state index >= 15 is 0 Å². The molecule has 0 saturated heterocycles. The Morgan fingerprint density at radius 1 is 1.11 bits per heavy atom. The van der Waals surface area contributed by atoms with Crippen molar-refractivity contribution in [2.24, 2.45) is 0 Å². The molecular weight excluding hydrogens is 370 g/mol. The zero-order valence-electron chi connectivity index (χ0n) is 15.2. The van der Waals surface area contributed by atoms with Gasteiger partial charge in [-0.2, -0.15) is 0 Å². The molecule has 6 nitrogen and oxygen atoms in total. The third-order valence-electron chi connectivity index (χ3n) is 4.88. The lowest BCUT2D eigenvalue weighted by molar-refractivity contribution is 0.102. The van der Waals surface area contributed by atoms with Gasteiger partial charge in [-0.25, -0.2) is 9.97 Å². The molecule has 0 saturated carbocycles. The Morgan fingerprint density at radius 2 is 1.96 bits per heavy atom. The molecule has 0 bridgehead atoms. The van der Waals surface area contributed by atoms with Crippen LogP contribution in [0.1, 0.15) is 26.6 Å². The van der Waals surface area contributed by atoms with Gasteiger partial charge in [0.1, 0.15) is 11.3 Å². The fraction of sp³-hybridized carbons (Fsp3) is 0.190. The van der Waals surface area contributed by atoms with Crippen LogP contribution in [-0.4, -0.2) is 31.7 Å². The van der Waals surface area contributed by atoms with Crippen LogP contribution in [-0.2, 0) is 19.5 Å². The SMILES string of the molecule is O=C(Nc1nc2c(s1)CN(Cc1ccccc1)CC2)c1cn2ccccc2n1. The number of hydrogen-bond acceptors (Lipinski definition) is 5. The smallest absolute Gasteiger partial charge is 0.277 e. The van der Waals surface area contributed by atoms with Crippen molar-refractivity contribution >= 4 is 28.0 Å². The minimum Gasteiger partial charge on any atom is -0.306 e. The van der Waals surface area contributed by atoms with E-state index in [9.17, 15) is 4.79 Å². The first-order valence-corrected chi connectivity index (χ1v) is 10.1. The Balaban J connectivity index is 1.28. The highest BCUT2D eigenvalue weighted by Crippen LogP contribution is 2.29. The highest BCUT2D eigenvalue weighted by atomic mass is 32.1. The lowest BCUT2D eigenvalue weighted by atomic mass is 10.1. The van der Waals surface area contributed by atoms with E-state index in [1.165, 1.54) is 10.4 Å². The fourth-order valence-corrected chi connectivity index (χ4v) is 4.53. The van der Waals surface area contributed by atoms with Gasteiger partial charge >= 0.3 is 0 Å². The van der Waals surface area contributed by atoms with Gasteiger partial charge in [-0.3, -0.25) is 15.0 Å². The van der Waals surface area contributed by atoms with E-state index < -0.39 is 0 Å². The monoisotopic (exact) mass is 389 g/mol. The van der Waals surface area contributed by atoms with Gasteiger partial charge in [-0.15, -0.1) is 11.3 Å². The molecule has 1 aromatic carbocycles. The van der Waals surface area contributed by atoms with Crippen LogP contribution in [0.3, 0.4) is 0 Å². The maximum atomic E-state index is 12.6. The van der Waals surface area contributed by atoms with Gasteiger partial charge in [-0.1, -0.05) is 36.4 Å². The zero-order valence-corrected chi connectivity index (χ0v) is 16.0. The summed E-state index contributed by atoms with van der Waals surface area (Å²) in [5.41, 5.74) is 3.56. The van der Waals surface area contributed by atoms with Crippen LogP contribution in [0, 0.1) is 0 Å². The summed E-state index contributed by atoms with van der Waals surface area (Å²) in [6.45, 7) is 2.78. The quantitative estimate of drug-likeness (QED) is 0.579. The molecule has 0 aliphatic carbocycles. The molecule has 4 heterocycles. The van der Waals surface area contributed by atoms with E-state index in [1.807, 2.05) is 34.9 Å². The Hall–Kier alpha value is -3.03. The first-order chi connectivity index (χ1) is 13.7. The number of imidazole rings is 1. The fourth-order valence-electron chi connectivity index (χ4n) is 3.48. The van der Waals surface area contributed by atoms with E-state index in [2.05, 4.69) is 44.5 Å². The molecule has 4 aromatic rings. The normalized spacial score (nSPS) is 14.1. The molecule has 0 radical (unpaired) electrons. The van der Waals surface area contributed by atoms with Crippen molar-refractivity contribution in [2.45, 2.75) is 19.5 Å². The molecule has 5 rings (SSSR count). The summed E-state index contributed by atoms with van der Waals surface area (Å²) in [6.07, 6.45) is 4.52. The molecule has 1 amide bonds. The summed E-state index contributed by atoms with van der Waals surface area (Å²) in [5, 5.41) is 3.56. The number of nitrogens with one attached hydrogen (secondary N) is 1. The van der Waals surface area contributed by atoms with E-state index in [0.717, 1.165) is 37.4 Å². The maximum Gasteiger partial charge on any atom is 0.277 e. The van der Waals surface area contributed by atoms with Crippen molar-refractivity contribution in [3.63, 3.8) is 0 Å². The van der Waals surface area contributed by atoms with Gasteiger partial charge in [0.05, 0.1) is 5.69 Å². The lowest BCUT2D eigenvalue weighted by Crippen LogP contribution is -2.29. The van der Waals surface area contributed by atoms with Crippen LogP contribution < -0.4 is 5.32 Å². The summed E-state index contributed by atoms with van der Waals surface area (Å²) in [4.78, 5) is 25.2. The van der Waals surface area contributed by atoms with Crippen LogP contribution in [0.25, 0.3) is 5.65 Å². The number of thiazole rings is 1. The number of amides is 1. The Morgan fingerprint density at radius 3 is 2.82 bits per heavy atom. The van der Waals surface area contributed by atoms with Crippen LogP contribution in [0.4, 0.5) is 5.13 Å². The van der Waals surface area contributed by atoms with E-state index in [1.54, 1.807) is 17.5 Å². The van der Waals surface area contributed by atoms with E-state index in [0.29, 0.717) is 10.8 Å². The predicted octanol–water partition coefficient (Wildman–Crippen LogP) is 3.60. The molecule has 1 aliphatic rings. The van der Waals surface area contributed by atoms with Crippen LogP contribution in [0.15, 0.2) is 60.9 Å². The number of aromatic nitrogens is 3. The first-order valence-electron chi connectivity index (χ1n) is 9.24. The Labute approximate surface area is 166 Å². The van der Waals surface area contributed by atoms with Crippen LogP contribution in [0.5, 0.6) is 0 Å². The number of rotatable bonds is 4. The molecule has 0 atom stereocenters. The van der Waals surface area contributed by atoms with Crippen molar-refractivity contribution in [1.82, 2.24) is 19.3 Å². The van der Waals surface area contributed by atoms with Gasteiger partial charge in [0.15, 0.2) is 5.13 Å². The number of fused-ring (bicyclic) bond motifs is 2. The topological polar surface area (TPSA) is 62.5 Å². The highest BCUT2D eigenvalue weighted by molar-refractivity contribution is 7.15. The lowest BCUT2D eigenvalue weighted by Gasteiger charge is -2.25. The number of pyridine rings is 1. The molecule has 0 unspecified atom stereocenters. The third-order valence-corrected chi connectivity index (χ3v) is 5.87. The maximum absolute atomic E-state index is 12.6. The van der Waals surface area contributed by atoms with Crippen molar-refractivity contribution in [1.29, 1.82) is 0 Å². The number of hydrogen-bond donors (Lipinski definition) is 1. The second-order valence-electron chi connectivity index (χ2n) is 6.88. The number of carbonyl (C=O) groups excluding carboxylic acids is 1. The van der Waals surface area contributed by atoms with Gasteiger partial charge < -0.3 is 4.40 Å². The standard InChI is InChI=1S/C21H19N5OS/c27-20(17-13-26-10-5-4-8-19(26)22-17)24-21-23-16-9-11-25(14-18(16)28-21)12-15-6-2-1-3-7-15/h1-8,10,13H,9,11-12,14H2,(H,23,24,27). The third kappa shape index (κ3) is 3.42. The number of carbonyl (C=O) groups is 1.